The maximum atomic E-state index is 10.8. The molecule has 1 aliphatic carbocycles. The molecule has 1 heterocycles. The highest BCUT2D eigenvalue weighted by Crippen LogP contribution is 2.55. The molecule has 0 unspecified atom stereocenters. The number of ether oxygens (including phenoxy) is 4. The van der Waals surface area contributed by atoms with Gasteiger partial charge in [0.25, 0.3) is 0 Å². The second kappa shape index (κ2) is 8.09. The van der Waals surface area contributed by atoms with E-state index in [0.717, 1.165) is 17.5 Å². The van der Waals surface area contributed by atoms with Crippen molar-refractivity contribution in [2.45, 2.75) is 43.7 Å². The molecule has 4 rings (SSSR count). The monoisotopic (exact) mass is 370 g/mol. The first-order valence-electron chi connectivity index (χ1n) is 9.38. The SMILES string of the molecule is CO[C@@H]1O[C@]2(COCc3ccccc3)C[C@@H]2[C@H](O)[C@H]1OCc1ccccc1. The van der Waals surface area contributed by atoms with E-state index in [2.05, 4.69) is 0 Å². The Bertz CT molecular complexity index is 722. The van der Waals surface area contributed by atoms with Crippen LogP contribution in [-0.2, 0) is 32.2 Å². The molecule has 0 amide bonds. The summed E-state index contributed by atoms with van der Waals surface area (Å²) in [5.41, 5.74) is 1.70. The summed E-state index contributed by atoms with van der Waals surface area (Å²) in [5, 5.41) is 10.8. The van der Waals surface area contributed by atoms with Gasteiger partial charge in [-0.1, -0.05) is 60.7 Å². The Labute approximate surface area is 159 Å². The van der Waals surface area contributed by atoms with Crippen molar-refractivity contribution in [2.24, 2.45) is 5.92 Å². The molecule has 0 bridgehead atoms. The summed E-state index contributed by atoms with van der Waals surface area (Å²) in [6.07, 6.45) is -0.992. The van der Waals surface area contributed by atoms with E-state index in [9.17, 15) is 5.11 Å². The Balaban J connectivity index is 1.33. The van der Waals surface area contributed by atoms with Crippen LogP contribution in [0.25, 0.3) is 0 Å². The number of fused-ring (bicyclic) bond motifs is 1. The van der Waals surface area contributed by atoms with Crippen molar-refractivity contribution in [1.29, 1.82) is 0 Å². The molecule has 1 N–H and O–H groups in total. The van der Waals surface area contributed by atoms with Gasteiger partial charge in [-0.25, -0.2) is 0 Å². The Morgan fingerprint density at radius 3 is 2.26 bits per heavy atom. The molecule has 0 radical (unpaired) electrons. The topological polar surface area (TPSA) is 57.2 Å². The number of hydrogen-bond acceptors (Lipinski definition) is 5. The molecule has 5 heteroatoms. The van der Waals surface area contributed by atoms with Gasteiger partial charge in [0.2, 0.25) is 0 Å². The summed E-state index contributed by atoms with van der Waals surface area (Å²) in [6.45, 7) is 1.38. The van der Waals surface area contributed by atoms with Crippen molar-refractivity contribution >= 4 is 0 Å². The van der Waals surface area contributed by atoms with Gasteiger partial charge >= 0.3 is 0 Å². The first-order valence-corrected chi connectivity index (χ1v) is 9.38. The third-order valence-corrected chi connectivity index (χ3v) is 5.42. The molecule has 1 saturated heterocycles. The van der Waals surface area contributed by atoms with Crippen LogP contribution in [0.3, 0.4) is 0 Å². The van der Waals surface area contributed by atoms with Gasteiger partial charge in [0.1, 0.15) is 11.7 Å². The largest absolute Gasteiger partial charge is 0.390 e. The summed E-state index contributed by atoms with van der Waals surface area (Å²) < 4.78 is 23.5. The van der Waals surface area contributed by atoms with Crippen LogP contribution in [0.1, 0.15) is 17.5 Å². The average molecular weight is 370 g/mol. The van der Waals surface area contributed by atoms with Crippen molar-refractivity contribution in [1.82, 2.24) is 0 Å². The lowest BCUT2D eigenvalue weighted by atomic mass is 10.0. The van der Waals surface area contributed by atoms with Crippen LogP contribution >= 0.6 is 0 Å². The van der Waals surface area contributed by atoms with Crippen molar-refractivity contribution < 1.29 is 24.1 Å². The fourth-order valence-electron chi connectivity index (χ4n) is 3.81. The molecule has 27 heavy (non-hydrogen) atoms. The summed E-state index contributed by atoms with van der Waals surface area (Å²) in [6, 6.07) is 19.9. The zero-order chi connectivity index (χ0) is 18.7. The van der Waals surface area contributed by atoms with Gasteiger partial charge in [-0.2, -0.15) is 0 Å². The maximum absolute atomic E-state index is 10.8. The number of benzene rings is 2. The van der Waals surface area contributed by atoms with Crippen LogP contribution in [0.15, 0.2) is 60.7 Å². The van der Waals surface area contributed by atoms with Crippen LogP contribution in [0, 0.1) is 5.92 Å². The van der Waals surface area contributed by atoms with Crippen LogP contribution in [-0.4, -0.2) is 42.9 Å². The fraction of sp³-hybridized carbons (Fsp3) is 0.455. The van der Waals surface area contributed by atoms with E-state index in [1.54, 1.807) is 7.11 Å². The lowest BCUT2D eigenvalue weighted by Crippen LogP contribution is -2.52. The van der Waals surface area contributed by atoms with Gasteiger partial charge in [-0.15, -0.1) is 0 Å². The maximum Gasteiger partial charge on any atom is 0.186 e. The highest BCUT2D eigenvalue weighted by molar-refractivity contribution is 5.16. The molecule has 2 aromatic carbocycles. The highest BCUT2D eigenvalue weighted by atomic mass is 16.7. The molecule has 5 nitrogen and oxygen atoms in total. The predicted molar refractivity (Wildman–Crippen MR) is 99.8 cm³/mol. The average Bonchev–Trinajstić information content (AvgIpc) is 3.43. The van der Waals surface area contributed by atoms with Crippen molar-refractivity contribution in [3.05, 3.63) is 71.8 Å². The fourth-order valence-corrected chi connectivity index (χ4v) is 3.81. The lowest BCUT2D eigenvalue weighted by molar-refractivity contribution is -0.283. The van der Waals surface area contributed by atoms with Crippen LogP contribution in [0.5, 0.6) is 0 Å². The third kappa shape index (κ3) is 4.08. The zero-order valence-corrected chi connectivity index (χ0v) is 15.5. The number of aliphatic hydroxyl groups is 1. The summed E-state index contributed by atoms with van der Waals surface area (Å²) >= 11 is 0. The van der Waals surface area contributed by atoms with E-state index >= 15 is 0 Å². The highest BCUT2D eigenvalue weighted by Gasteiger charge is 2.66. The van der Waals surface area contributed by atoms with Crippen LogP contribution in [0.4, 0.5) is 0 Å². The lowest BCUT2D eigenvalue weighted by Gasteiger charge is -2.38. The van der Waals surface area contributed by atoms with E-state index in [-0.39, 0.29) is 5.92 Å². The molecule has 0 aromatic heterocycles. The van der Waals surface area contributed by atoms with Crippen molar-refractivity contribution in [3.63, 3.8) is 0 Å². The minimum Gasteiger partial charge on any atom is -0.390 e. The molecule has 2 fully saturated rings. The van der Waals surface area contributed by atoms with Crippen molar-refractivity contribution in [3.8, 4) is 0 Å². The van der Waals surface area contributed by atoms with Crippen LogP contribution < -0.4 is 0 Å². The smallest absolute Gasteiger partial charge is 0.186 e. The molecular formula is C22H26O5. The van der Waals surface area contributed by atoms with Gasteiger partial charge in [0.05, 0.1) is 25.9 Å². The number of aliphatic hydroxyl groups excluding tert-OH is 1. The quantitative estimate of drug-likeness (QED) is 0.774. The Morgan fingerprint density at radius 2 is 1.63 bits per heavy atom. The third-order valence-electron chi connectivity index (χ3n) is 5.42. The molecule has 2 aliphatic rings. The van der Waals surface area contributed by atoms with E-state index in [1.165, 1.54) is 0 Å². The van der Waals surface area contributed by atoms with Gasteiger partial charge in [-0.3, -0.25) is 0 Å². The van der Waals surface area contributed by atoms with Crippen molar-refractivity contribution in [2.75, 3.05) is 13.7 Å². The molecule has 5 atom stereocenters. The summed E-state index contributed by atoms with van der Waals surface area (Å²) in [7, 11) is 1.58. The summed E-state index contributed by atoms with van der Waals surface area (Å²) in [4.78, 5) is 0. The first kappa shape index (κ1) is 18.6. The van der Waals surface area contributed by atoms with Gasteiger partial charge in [0, 0.05) is 13.0 Å². The van der Waals surface area contributed by atoms with Crippen LogP contribution in [0.2, 0.25) is 0 Å². The van der Waals surface area contributed by atoms with E-state index in [4.69, 9.17) is 18.9 Å². The molecule has 1 aliphatic heterocycles. The van der Waals surface area contributed by atoms with Gasteiger partial charge < -0.3 is 24.1 Å². The Morgan fingerprint density at radius 1 is 1.00 bits per heavy atom. The predicted octanol–water partition coefficient (Wildman–Crippen LogP) is 2.91. The minimum absolute atomic E-state index is 0.0143. The first-order chi connectivity index (χ1) is 13.2. The summed E-state index contributed by atoms with van der Waals surface area (Å²) in [5.74, 6) is 0.0143. The molecule has 2 aromatic rings. The minimum atomic E-state index is -0.632. The number of hydrogen-bond donors (Lipinski definition) is 1. The standard InChI is InChI=1S/C22H26O5/c1-24-21-20(26-14-17-10-6-3-7-11-17)19(23)18-12-22(18,27-21)15-25-13-16-8-4-2-5-9-16/h2-11,18-21,23H,12-15H2,1H3/t18-,19+,20-,21-,22+/m1/s1. The molecular weight excluding hydrogens is 344 g/mol. The Kier molecular flexibility index (Phi) is 5.57. The van der Waals surface area contributed by atoms with E-state index in [0.29, 0.717) is 19.8 Å². The molecule has 144 valence electrons. The van der Waals surface area contributed by atoms with Gasteiger partial charge in [0.15, 0.2) is 6.29 Å². The van der Waals surface area contributed by atoms with Gasteiger partial charge in [-0.05, 0) is 17.5 Å². The van der Waals surface area contributed by atoms with E-state index < -0.39 is 24.1 Å². The normalized spacial score (nSPS) is 32.1. The second-order valence-electron chi connectivity index (χ2n) is 7.33. The molecule has 0 spiro atoms. The number of rotatable bonds is 8. The second-order valence-corrected chi connectivity index (χ2v) is 7.33. The van der Waals surface area contributed by atoms with E-state index in [1.807, 2.05) is 60.7 Å². The zero-order valence-electron chi connectivity index (χ0n) is 15.5. The number of methoxy groups -OCH3 is 1. The molecule has 1 saturated carbocycles. The Hall–Kier alpha value is -1.76.